The Kier molecular flexibility index (Phi) is 4.01. The molecule has 0 spiro atoms. The van der Waals surface area contributed by atoms with Gasteiger partial charge in [0.15, 0.2) is 0 Å². The summed E-state index contributed by atoms with van der Waals surface area (Å²) < 4.78 is 4.73. The number of hydrogen-bond donors (Lipinski definition) is 1. The number of nitrogens with one attached hydrogen (secondary N) is 1. The highest BCUT2D eigenvalue weighted by atomic mass is 35.5. The number of hydrogen-bond acceptors (Lipinski definition) is 6. The molecule has 0 unspecified atom stereocenters. The number of thiophene rings is 1. The van der Waals surface area contributed by atoms with Crippen LogP contribution >= 0.6 is 22.9 Å². The normalized spacial score (nSPS) is 10.5. The third-order valence-corrected chi connectivity index (χ3v) is 3.96. The average molecular weight is 298 g/mol. The highest BCUT2D eigenvalue weighted by Crippen LogP contribution is 2.34. The average Bonchev–Trinajstić information content (AvgIpc) is 2.73. The zero-order valence-corrected chi connectivity index (χ0v) is 12.1. The van der Waals surface area contributed by atoms with Gasteiger partial charge in [-0.2, -0.15) is 0 Å². The van der Waals surface area contributed by atoms with E-state index in [1.165, 1.54) is 18.4 Å². The van der Waals surface area contributed by atoms with Crippen LogP contribution in [0.5, 0.6) is 0 Å². The Morgan fingerprint density at radius 3 is 2.95 bits per heavy atom. The van der Waals surface area contributed by atoms with E-state index in [0.29, 0.717) is 32.7 Å². The molecule has 100 valence electrons. The molecule has 5 nitrogen and oxygen atoms in total. The molecule has 2 rings (SSSR count). The van der Waals surface area contributed by atoms with Gasteiger partial charge in [-0.05, 0) is 12.5 Å². The summed E-state index contributed by atoms with van der Waals surface area (Å²) in [7, 11) is 1.34. The number of nitrogens with zero attached hydrogens (tertiary/aromatic N) is 2. The summed E-state index contributed by atoms with van der Waals surface area (Å²) >= 11 is 7.39. The van der Waals surface area contributed by atoms with Gasteiger partial charge < -0.3 is 10.1 Å². The molecule has 2 aromatic heterocycles. The van der Waals surface area contributed by atoms with Crippen LogP contribution < -0.4 is 5.32 Å². The summed E-state index contributed by atoms with van der Waals surface area (Å²) in [6.45, 7) is 5.94. The maximum atomic E-state index is 11.6. The molecule has 19 heavy (non-hydrogen) atoms. The summed E-state index contributed by atoms with van der Waals surface area (Å²) in [5, 5.41) is 3.98. The maximum absolute atomic E-state index is 11.6. The van der Waals surface area contributed by atoms with E-state index in [1.54, 1.807) is 13.0 Å². The summed E-state index contributed by atoms with van der Waals surface area (Å²) in [4.78, 5) is 21.3. The van der Waals surface area contributed by atoms with Crippen LogP contribution in [0, 0.1) is 6.92 Å². The minimum atomic E-state index is -0.392. The van der Waals surface area contributed by atoms with Crippen LogP contribution in [0.25, 0.3) is 10.2 Å². The summed E-state index contributed by atoms with van der Waals surface area (Å²) in [5.74, 6) is 0.0206. The zero-order chi connectivity index (χ0) is 14.0. The number of fused-ring (bicyclic) bond motifs is 1. The second-order valence-corrected chi connectivity index (χ2v) is 5.09. The summed E-state index contributed by atoms with van der Waals surface area (Å²) in [6.07, 6.45) is 1.70. The van der Waals surface area contributed by atoms with Crippen LogP contribution in [0.1, 0.15) is 15.2 Å². The number of carbonyl (C=O) groups is 1. The van der Waals surface area contributed by atoms with Crippen LogP contribution in [0.15, 0.2) is 12.7 Å². The van der Waals surface area contributed by atoms with Gasteiger partial charge in [-0.3, -0.25) is 0 Å². The SMILES string of the molecule is C=CCNc1nc(Cl)c2c(C)c(C(=O)OC)sc2n1. The lowest BCUT2D eigenvalue weighted by Crippen LogP contribution is -2.02. The minimum Gasteiger partial charge on any atom is -0.465 e. The fraction of sp³-hybridized carbons (Fsp3) is 0.250. The molecule has 0 saturated heterocycles. The predicted molar refractivity (Wildman–Crippen MR) is 77.2 cm³/mol. The number of aromatic nitrogens is 2. The topological polar surface area (TPSA) is 64.1 Å². The Balaban J connectivity index is 2.56. The Hall–Kier alpha value is -1.66. The minimum absolute atomic E-state index is 0.320. The highest BCUT2D eigenvalue weighted by molar-refractivity contribution is 7.20. The van der Waals surface area contributed by atoms with Crippen molar-refractivity contribution < 1.29 is 9.53 Å². The van der Waals surface area contributed by atoms with Crippen LogP contribution in [-0.2, 0) is 4.74 Å². The van der Waals surface area contributed by atoms with Crippen molar-refractivity contribution in [1.82, 2.24) is 9.97 Å². The van der Waals surface area contributed by atoms with E-state index < -0.39 is 5.97 Å². The van der Waals surface area contributed by atoms with Gasteiger partial charge in [-0.15, -0.1) is 17.9 Å². The van der Waals surface area contributed by atoms with E-state index in [4.69, 9.17) is 16.3 Å². The lowest BCUT2D eigenvalue weighted by molar-refractivity contribution is 0.0605. The molecule has 1 N–H and O–H groups in total. The predicted octanol–water partition coefficient (Wildman–Crippen LogP) is 3.04. The molecule has 2 heterocycles. The Morgan fingerprint density at radius 2 is 2.32 bits per heavy atom. The first-order chi connectivity index (χ1) is 9.08. The van der Waals surface area contributed by atoms with Gasteiger partial charge in [0.2, 0.25) is 5.95 Å². The lowest BCUT2D eigenvalue weighted by Gasteiger charge is -2.02. The van der Waals surface area contributed by atoms with Crippen molar-refractivity contribution in [1.29, 1.82) is 0 Å². The molecule has 0 radical (unpaired) electrons. The number of halogens is 1. The van der Waals surface area contributed by atoms with Crippen LogP contribution in [-0.4, -0.2) is 29.6 Å². The number of anilines is 1. The first-order valence-corrected chi connectivity index (χ1v) is 6.67. The van der Waals surface area contributed by atoms with Gasteiger partial charge in [0, 0.05) is 6.54 Å². The molecular formula is C12H12ClN3O2S. The van der Waals surface area contributed by atoms with E-state index >= 15 is 0 Å². The van der Waals surface area contributed by atoms with Crippen molar-refractivity contribution in [3.8, 4) is 0 Å². The van der Waals surface area contributed by atoms with Gasteiger partial charge >= 0.3 is 5.97 Å². The lowest BCUT2D eigenvalue weighted by atomic mass is 10.2. The Morgan fingerprint density at radius 1 is 1.58 bits per heavy atom. The molecule has 0 aliphatic carbocycles. The maximum Gasteiger partial charge on any atom is 0.348 e. The largest absolute Gasteiger partial charge is 0.465 e. The second kappa shape index (κ2) is 5.54. The van der Waals surface area contributed by atoms with Crippen LogP contribution in [0.2, 0.25) is 5.15 Å². The standard InChI is InChI=1S/C12H12ClN3O2S/c1-4-5-14-12-15-9(13)7-6(2)8(11(17)18-3)19-10(7)16-12/h4H,1,5H2,2-3H3,(H,14,15,16). The second-order valence-electron chi connectivity index (χ2n) is 3.74. The molecule has 7 heteroatoms. The molecule has 0 saturated carbocycles. The van der Waals surface area contributed by atoms with E-state index in [0.717, 1.165) is 5.56 Å². The molecular weight excluding hydrogens is 286 g/mol. The number of esters is 1. The Labute approximate surface area is 119 Å². The highest BCUT2D eigenvalue weighted by Gasteiger charge is 2.20. The number of aryl methyl sites for hydroxylation is 1. The van der Waals surface area contributed by atoms with Crippen molar-refractivity contribution in [2.45, 2.75) is 6.92 Å². The fourth-order valence-electron chi connectivity index (χ4n) is 1.62. The van der Waals surface area contributed by atoms with Crippen molar-refractivity contribution in [3.63, 3.8) is 0 Å². The molecule has 0 amide bonds. The Bertz CT molecular complexity index is 654. The molecule has 0 aliphatic heterocycles. The first-order valence-electron chi connectivity index (χ1n) is 5.48. The monoisotopic (exact) mass is 297 g/mol. The van der Waals surface area contributed by atoms with Gasteiger partial charge in [0.05, 0.1) is 12.5 Å². The first kappa shape index (κ1) is 13.8. The van der Waals surface area contributed by atoms with Crippen LogP contribution in [0.3, 0.4) is 0 Å². The zero-order valence-electron chi connectivity index (χ0n) is 10.5. The third kappa shape index (κ3) is 2.54. The fourth-order valence-corrected chi connectivity index (χ4v) is 3.09. The number of carbonyl (C=O) groups excluding carboxylic acids is 1. The van der Waals surface area contributed by atoms with E-state index in [9.17, 15) is 4.79 Å². The molecule has 0 fully saturated rings. The smallest absolute Gasteiger partial charge is 0.348 e. The van der Waals surface area contributed by atoms with Gasteiger partial charge in [0.1, 0.15) is 14.9 Å². The number of methoxy groups -OCH3 is 1. The number of rotatable bonds is 4. The quantitative estimate of drug-likeness (QED) is 0.534. The van der Waals surface area contributed by atoms with Crippen molar-refractivity contribution in [2.24, 2.45) is 0 Å². The molecule has 0 bridgehead atoms. The van der Waals surface area contributed by atoms with Gasteiger partial charge in [-0.1, -0.05) is 17.7 Å². The summed E-state index contributed by atoms with van der Waals surface area (Å²) in [6, 6.07) is 0. The third-order valence-electron chi connectivity index (χ3n) is 2.52. The molecule has 2 aromatic rings. The van der Waals surface area contributed by atoms with Gasteiger partial charge in [0.25, 0.3) is 0 Å². The molecule has 0 aliphatic rings. The van der Waals surface area contributed by atoms with E-state index in [1.807, 2.05) is 0 Å². The van der Waals surface area contributed by atoms with Crippen molar-refractivity contribution in [2.75, 3.05) is 19.0 Å². The van der Waals surface area contributed by atoms with Crippen LogP contribution in [0.4, 0.5) is 5.95 Å². The van der Waals surface area contributed by atoms with Crippen molar-refractivity contribution in [3.05, 3.63) is 28.2 Å². The molecule has 0 atom stereocenters. The van der Waals surface area contributed by atoms with E-state index in [2.05, 4.69) is 21.9 Å². The summed E-state index contributed by atoms with van der Waals surface area (Å²) in [5.41, 5.74) is 0.743. The van der Waals surface area contributed by atoms with Crippen molar-refractivity contribution >= 4 is 45.1 Å². The van der Waals surface area contributed by atoms with Gasteiger partial charge in [-0.25, -0.2) is 14.8 Å². The number of ether oxygens (including phenoxy) is 1. The van der Waals surface area contributed by atoms with E-state index in [-0.39, 0.29) is 0 Å². The molecule has 0 aromatic carbocycles.